The van der Waals surface area contributed by atoms with E-state index in [1.165, 1.54) is 55.2 Å². The predicted octanol–water partition coefficient (Wildman–Crippen LogP) is 5.77. The Labute approximate surface area is 193 Å². The van der Waals surface area contributed by atoms with Crippen molar-refractivity contribution in [2.45, 2.75) is 77.4 Å². The number of aryl methyl sites for hydroxylation is 1. The Kier molecular flexibility index (Phi) is 5.62. The summed E-state index contributed by atoms with van der Waals surface area (Å²) in [5.41, 5.74) is 5.42. The molecule has 2 aromatic rings. The summed E-state index contributed by atoms with van der Waals surface area (Å²) in [6, 6.07) is 17.3. The van der Waals surface area contributed by atoms with Crippen LogP contribution in [-0.4, -0.2) is 24.4 Å². The highest BCUT2D eigenvalue weighted by molar-refractivity contribution is 5.36. The van der Waals surface area contributed by atoms with E-state index in [9.17, 15) is 5.11 Å². The molecular formula is C29H39NO2. The molecule has 3 nitrogen and oxygen atoms in total. The summed E-state index contributed by atoms with van der Waals surface area (Å²) < 4.78 is 5.91. The number of ether oxygens (including phenoxy) is 1. The standard InChI is InChI=1S/C29H39NO2/c1-21-5-4-6-22(11-21)15-30-16-25(31)17-32-26-9-7-24(8-10-26)29-14-23-12-27(2,19-29)18-28(3,13-23)20-29/h4-11,23,25,30-31H,12-20H2,1-3H3/t23?,25?,27-,28+,29?. The van der Waals surface area contributed by atoms with Crippen LogP contribution in [0.5, 0.6) is 5.75 Å². The second-order valence-corrected chi connectivity index (χ2v) is 12.0. The molecule has 4 aliphatic carbocycles. The lowest BCUT2D eigenvalue weighted by atomic mass is 9.39. The molecule has 2 N–H and O–H groups in total. The van der Waals surface area contributed by atoms with Crippen LogP contribution in [0.1, 0.15) is 69.1 Å². The third-order valence-corrected chi connectivity index (χ3v) is 8.33. The molecule has 4 fully saturated rings. The molecule has 6 rings (SSSR count). The number of rotatable bonds is 8. The van der Waals surface area contributed by atoms with Gasteiger partial charge < -0.3 is 15.2 Å². The molecule has 4 aliphatic rings. The highest BCUT2D eigenvalue weighted by Gasteiger charge is 2.60. The van der Waals surface area contributed by atoms with Gasteiger partial charge in [-0.2, -0.15) is 0 Å². The summed E-state index contributed by atoms with van der Waals surface area (Å²) in [4.78, 5) is 0. The minimum atomic E-state index is -0.525. The number of aliphatic hydroxyl groups excluding tert-OH is 1. The number of aliphatic hydroxyl groups is 1. The molecule has 4 bridgehead atoms. The minimum absolute atomic E-state index is 0.309. The summed E-state index contributed by atoms with van der Waals surface area (Å²) in [5.74, 6) is 1.76. The Balaban J connectivity index is 1.14. The van der Waals surface area contributed by atoms with Crippen molar-refractivity contribution >= 4 is 0 Å². The van der Waals surface area contributed by atoms with Crippen LogP contribution < -0.4 is 10.1 Å². The van der Waals surface area contributed by atoms with Gasteiger partial charge in [0.2, 0.25) is 0 Å². The van der Waals surface area contributed by atoms with Crippen LogP contribution >= 0.6 is 0 Å². The largest absolute Gasteiger partial charge is 0.491 e. The van der Waals surface area contributed by atoms with E-state index in [-0.39, 0.29) is 0 Å². The van der Waals surface area contributed by atoms with Crippen molar-refractivity contribution in [3.63, 3.8) is 0 Å². The molecule has 172 valence electrons. The van der Waals surface area contributed by atoms with Crippen molar-refractivity contribution in [1.29, 1.82) is 0 Å². The van der Waals surface area contributed by atoms with Gasteiger partial charge in [0.25, 0.3) is 0 Å². The molecule has 32 heavy (non-hydrogen) atoms. The van der Waals surface area contributed by atoms with E-state index in [1.54, 1.807) is 0 Å². The SMILES string of the molecule is Cc1cccc(CNCC(O)COc2ccc(C34CC5C[C@@](C)(C3)C[C@](C)(C5)C4)cc2)c1. The maximum Gasteiger partial charge on any atom is 0.119 e. The third-order valence-electron chi connectivity index (χ3n) is 8.33. The fourth-order valence-electron chi connectivity index (χ4n) is 8.13. The van der Waals surface area contributed by atoms with Crippen LogP contribution in [0.3, 0.4) is 0 Å². The zero-order chi connectivity index (χ0) is 22.4. The number of nitrogens with one attached hydrogen (secondary N) is 1. The number of benzene rings is 2. The Hall–Kier alpha value is -1.84. The average Bonchev–Trinajstić information content (AvgIpc) is 2.70. The van der Waals surface area contributed by atoms with Gasteiger partial charge in [-0.3, -0.25) is 0 Å². The Morgan fingerprint density at radius 2 is 1.72 bits per heavy atom. The summed E-state index contributed by atoms with van der Waals surface area (Å²) in [6.45, 7) is 8.76. The monoisotopic (exact) mass is 433 g/mol. The molecule has 3 heteroatoms. The van der Waals surface area contributed by atoms with Gasteiger partial charge in [-0.15, -0.1) is 0 Å². The van der Waals surface area contributed by atoms with Crippen molar-refractivity contribution in [3.05, 3.63) is 65.2 Å². The molecule has 4 saturated carbocycles. The molecule has 2 aromatic carbocycles. The molecule has 0 radical (unpaired) electrons. The Bertz CT molecular complexity index is 934. The highest BCUT2D eigenvalue weighted by atomic mass is 16.5. The van der Waals surface area contributed by atoms with Crippen LogP contribution in [0.25, 0.3) is 0 Å². The van der Waals surface area contributed by atoms with E-state index in [1.807, 2.05) is 0 Å². The summed E-state index contributed by atoms with van der Waals surface area (Å²) in [7, 11) is 0. The first-order valence-corrected chi connectivity index (χ1v) is 12.4. The van der Waals surface area contributed by atoms with Crippen LogP contribution in [-0.2, 0) is 12.0 Å². The molecule has 0 saturated heterocycles. The van der Waals surface area contributed by atoms with Gasteiger partial charge in [0.1, 0.15) is 18.5 Å². The van der Waals surface area contributed by atoms with E-state index < -0.39 is 6.10 Å². The number of hydrogen-bond donors (Lipinski definition) is 2. The van der Waals surface area contributed by atoms with Crippen molar-refractivity contribution in [3.8, 4) is 5.75 Å². The Morgan fingerprint density at radius 3 is 2.38 bits per heavy atom. The van der Waals surface area contributed by atoms with Gasteiger partial charge in [0, 0.05) is 13.1 Å². The third kappa shape index (κ3) is 4.47. The van der Waals surface area contributed by atoms with E-state index in [2.05, 4.69) is 74.6 Å². The summed E-state index contributed by atoms with van der Waals surface area (Å²) in [5, 5.41) is 13.6. The molecule has 0 heterocycles. The van der Waals surface area contributed by atoms with Crippen LogP contribution in [0.2, 0.25) is 0 Å². The summed E-state index contributed by atoms with van der Waals surface area (Å²) >= 11 is 0. The van der Waals surface area contributed by atoms with E-state index in [0.717, 1.165) is 18.2 Å². The Morgan fingerprint density at radius 1 is 1.00 bits per heavy atom. The van der Waals surface area contributed by atoms with Gasteiger partial charge in [-0.1, -0.05) is 55.8 Å². The fraction of sp³-hybridized carbons (Fsp3) is 0.586. The van der Waals surface area contributed by atoms with Gasteiger partial charge in [0.05, 0.1) is 0 Å². The fourth-order valence-corrected chi connectivity index (χ4v) is 8.13. The lowest BCUT2D eigenvalue weighted by Gasteiger charge is -2.65. The predicted molar refractivity (Wildman–Crippen MR) is 130 cm³/mol. The van der Waals surface area contributed by atoms with Gasteiger partial charge in [0.15, 0.2) is 0 Å². The lowest BCUT2D eigenvalue weighted by Crippen LogP contribution is -2.56. The molecule has 3 unspecified atom stereocenters. The first kappa shape index (κ1) is 22.0. The van der Waals surface area contributed by atoms with E-state index >= 15 is 0 Å². The zero-order valence-corrected chi connectivity index (χ0v) is 20.0. The number of hydrogen-bond acceptors (Lipinski definition) is 3. The van der Waals surface area contributed by atoms with Crippen molar-refractivity contribution in [1.82, 2.24) is 5.32 Å². The van der Waals surface area contributed by atoms with Crippen LogP contribution in [0.4, 0.5) is 0 Å². The molecule has 0 spiro atoms. The quantitative estimate of drug-likeness (QED) is 0.555. The van der Waals surface area contributed by atoms with E-state index in [4.69, 9.17) is 4.74 Å². The zero-order valence-electron chi connectivity index (χ0n) is 20.0. The second kappa shape index (κ2) is 8.18. The van der Waals surface area contributed by atoms with Crippen molar-refractivity contribution in [2.24, 2.45) is 16.7 Å². The topological polar surface area (TPSA) is 41.5 Å². The van der Waals surface area contributed by atoms with Gasteiger partial charge in [-0.05, 0) is 90.9 Å². The first-order chi connectivity index (χ1) is 15.2. The first-order valence-electron chi connectivity index (χ1n) is 12.4. The van der Waals surface area contributed by atoms with Crippen LogP contribution in [0, 0.1) is 23.7 Å². The van der Waals surface area contributed by atoms with Crippen molar-refractivity contribution in [2.75, 3.05) is 13.2 Å². The molecule has 0 aliphatic heterocycles. The molecule has 5 atom stereocenters. The maximum atomic E-state index is 10.3. The molecular weight excluding hydrogens is 394 g/mol. The normalized spacial score (nSPS) is 33.9. The average molecular weight is 434 g/mol. The van der Waals surface area contributed by atoms with Gasteiger partial charge >= 0.3 is 0 Å². The van der Waals surface area contributed by atoms with E-state index in [0.29, 0.717) is 29.4 Å². The maximum absolute atomic E-state index is 10.3. The highest BCUT2D eigenvalue weighted by Crippen LogP contribution is 2.69. The minimum Gasteiger partial charge on any atom is -0.491 e. The van der Waals surface area contributed by atoms with Crippen LogP contribution in [0.15, 0.2) is 48.5 Å². The molecule has 0 aromatic heterocycles. The van der Waals surface area contributed by atoms with Crippen molar-refractivity contribution < 1.29 is 9.84 Å². The smallest absolute Gasteiger partial charge is 0.119 e. The van der Waals surface area contributed by atoms with Gasteiger partial charge in [-0.25, -0.2) is 0 Å². The molecule has 0 amide bonds. The lowest BCUT2D eigenvalue weighted by molar-refractivity contribution is -0.110. The second-order valence-electron chi connectivity index (χ2n) is 12.0. The summed E-state index contributed by atoms with van der Waals surface area (Å²) in [6.07, 6.45) is 7.80.